The molecule has 0 amide bonds. The largest absolute Gasteiger partial charge is 0.477 e. The third kappa shape index (κ3) is 6.25. The number of ether oxygens (including phenoxy) is 2. The normalized spacial score (nSPS) is 18.6. The van der Waals surface area contributed by atoms with Gasteiger partial charge >= 0.3 is 5.97 Å². The number of methoxy groups -OCH3 is 1. The summed E-state index contributed by atoms with van der Waals surface area (Å²) in [5.41, 5.74) is -0.101. The quantitative estimate of drug-likeness (QED) is 0.476. The number of halogens is 1. The lowest BCUT2D eigenvalue weighted by molar-refractivity contribution is -0.112. The number of rotatable bonds is 10. The maximum Gasteiger partial charge on any atom is 0.341 e. The van der Waals surface area contributed by atoms with E-state index >= 15 is 4.39 Å². The summed E-state index contributed by atoms with van der Waals surface area (Å²) in [6.45, 7) is 6.10. The highest BCUT2D eigenvalue weighted by atomic mass is 19.1. The monoisotopic (exact) mass is 503 g/mol. The SMILES string of the molecule is COC(C)OCCn1cc(C(=O)O)c(=O)c2cc(F)c(N3CCC(CCC4CCNCC4)CC3)cc21. The molecule has 2 aromatic rings. The average Bonchev–Trinajstić information content (AvgIpc) is 2.89. The Balaban J connectivity index is 1.51. The van der Waals surface area contributed by atoms with Gasteiger partial charge in [-0.15, -0.1) is 0 Å². The number of carboxylic acids is 1. The number of carbonyl (C=O) groups is 1. The number of nitrogens with zero attached hydrogens (tertiary/aromatic N) is 2. The fourth-order valence-electron chi connectivity index (χ4n) is 5.47. The minimum atomic E-state index is -1.34. The van der Waals surface area contributed by atoms with Gasteiger partial charge in [0.2, 0.25) is 5.43 Å². The molecule has 3 heterocycles. The molecule has 1 aromatic carbocycles. The van der Waals surface area contributed by atoms with Crippen LogP contribution in [0.4, 0.5) is 10.1 Å². The zero-order valence-electron chi connectivity index (χ0n) is 21.3. The first-order valence-electron chi connectivity index (χ1n) is 13.1. The van der Waals surface area contributed by atoms with Crippen LogP contribution in [-0.2, 0) is 16.0 Å². The van der Waals surface area contributed by atoms with Gasteiger partial charge in [0.05, 0.1) is 17.8 Å². The number of hydrogen-bond donors (Lipinski definition) is 2. The van der Waals surface area contributed by atoms with E-state index in [0.717, 1.165) is 44.9 Å². The summed E-state index contributed by atoms with van der Waals surface area (Å²) in [5, 5.41) is 13.0. The molecule has 2 saturated heterocycles. The number of piperidine rings is 2. The molecule has 2 N–H and O–H groups in total. The zero-order chi connectivity index (χ0) is 25.7. The van der Waals surface area contributed by atoms with Crippen molar-refractivity contribution in [3.05, 3.63) is 39.9 Å². The third-order valence-corrected chi connectivity index (χ3v) is 7.79. The Labute approximate surface area is 211 Å². The molecule has 1 atom stereocenters. The van der Waals surface area contributed by atoms with Crippen LogP contribution in [0.5, 0.6) is 0 Å². The lowest BCUT2D eigenvalue weighted by Crippen LogP contribution is -2.35. The Bertz CT molecular complexity index is 1110. The predicted molar refractivity (Wildman–Crippen MR) is 137 cm³/mol. The van der Waals surface area contributed by atoms with Crippen molar-refractivity contribution in [1.82, 2.24) is 9.88 Å². The van der Waals surface area contributed by atoms with Gasteiger partial charge in [-0.05, 0) is 69.7 Å². The van der Waals surface area contributed by atoms with Crippen molar-refractivity contribution >= 4 is 22.6 Å². The van der Waals surface area contributed by atoms with E-state index in [1.807, 2.05) is 0 Å². The number of fused-ring (bicyclic) bond motifs is 1. The first kappa shape index (κ1) is 26.6. The fraction of sp³-hybridized carbons (Fsp3) is 0.630. The minimum Gasteiger partial charge on any atom is -0.477 e. The number of anilines is 1. The van der Waals surface area contributed by atoms with E-state index in [2.05, 4.69) is 10.2 Å². The first-order chi connectivity index (χ1) is 17.4. The van der Waals surface area contributed by atoms with Crippen LogP contribution in [0, 0.1) is 17.7 Å². The standard InChI is InChI=1S/C27H38FN3O5/c1-18(35-2)36-14-13-31-17-22(27(33)34)26(32)21-15-23(28)25(16-24(21)31)30-11-7-20(8-12-30)4-3-19-5-9-29-10-6-19/h15-20,29H,3-14H2,1-2H3,(H,33,34). The van der Waals surface area contributed by atoms with Crippen molar-refractivity contribution in [2.24, 2.45) is 11.8 Å². The van der Waals surface area contributed by atoms with Gasteiger partial charge in [-0.25, -0.2) is 9.18 Å². The second-order valence-electron chi connectivity index (χ2n) is 10.1. The second kappa shape index (κ2) is 12.2. The molecule has 0 saturated carbocycles. The van der Waals surface area contributed by atoms with Gasteiger partial charge in [0.1, 0.15) is 11.4 Å². The van der Waals surface area contributed by atoms with Crippen molar-refractivity contribution in [3.8, 4) is 0 Å². The zero-order valence-corrected chi connectivity index (χ0v) is 21.3. The van der Waals surface area contributed by atoms with Gasteiger partial charge in [-0.1, -0.05) is 12.8 Å². The summed E-state index contributed by atoms with van der Waals surface area (Å²) in [6, 6.07) is 2.88. The fourth-order valence-corrected chi connectivity index (χ4v) is 5.47. The van der Waals surface area contributed by atoms with Crippen LogP contribution in [0.1, 0.15) is 55.8 Å². The third-order valence-electron chi connectivity index (χ3n) is 7.79. The Morgan fingerprint density at radius 1 is 1.17 bits per heavy atom. The van der Waals surface area contributed by atoms with E-state index in [9.17, 15) is 14.7 Å². The lowest BCUT2D eigenvalue weighted by Gasteiger charge is -2.35. The average molecular weight is 504 g/mol. The molecule has 36 heavy (non-hydrogen) atoms. The number of pyridine rings is 1. The number of carboxylic acid groups (broad SMARTS) is 1. The summed E-state index contributed by atoms with van der Waals surface area (Å²) >= 11 is 0. The molecular weight excluding hydrogens is 465 g/mol. The highest BCUT2D eigenvalue weighted by molar-refractivity contribution is 5.93. The van der Waals surface area contributed by atoms with E-state index in [1.165, 1.54) is 45.1 Å². The molecule has 0 bridgehead atoms. The Hall–Kier alpha value is -2.49. The smallest absolute Gasteiger partial charge is 0.341 e. The van der Waals surface area contributed by atoms with Crippen LogP contribution in [0.2, 0.25) is 0 Å². The van der Waals surface area contributed by atoms with Gasteiger partial charge in [0.15, 0.2) is 6.29 Å². The maximum absolute atomic E-state index is 15.3. The van der Waals surface area contributed by atoms with Crippen molar-refractivity contribution in [1.29, 1.82) is 0 Å². The van der Waals surface area contributed by atoms with Gasteiger partial charge in [0.25, 0.3) is 0 Å². The maximum atomic E-state index is 15.3. The summed E-state index contributed by atoms with van der Waals surface area (Å²) in [4.78, 5) is 26.5. The summed E-state index contributed by atoms with van der Waals surface area (Å²) < 4.78 is 27.6. The summed E-state index contributed by atoms with van der Waals surface area (Å²) in [5.74, 6) is -0.342. The van der Waals surface area contributed by atoms with Crippen molar-refractivity contribution < 1.29 is 23.8 Å². The number of hydrogen-bond acceptors (Lipinski definition) is 6. The molecule has 0 spiro atoms. The highest BCUT2D eigenvalue weighted by Crippen LogP contribution is 2.32. The Kier molecular flexibility index (Phi) is 8.98. The Morgan fingerprint density at radius 2 is 1.83 bits per heavy atom. The van der Waals surface area contributed by atoms with Crippen LogP contribution in [-0.4, -0.2) is 61.8 Å². The number of aromatic nitrogens is 1. The van der Waals surface area contributed by atoms with Gasteiger partial charge in [0, 0.05) is 38.3 Å². The molecule has 1 unspecified atom stereocenters. The molecular formula is C27H38FN3O5. The van der Waals surface area contributed by atoms with E-state index in [4.69, 9.17) is 9.47 Å². The summed E-state index contributed by atoms with van der Waals surface area (Å²) in [7, 11) is 1.54. The molecule has 9 heteroatoms. The van der Waals surface area contributed by atoms with Gasteiger partial charge < -0.3 is 29.4 Å². The van der Waals surface area contributed by atoms with E-state index in [0.29, 0.717) is 23.7 Å². The van der Waals surface area contributed by atoms with E-state index < -0.39 is 23.5 Å². The molecule has 0 aliphatic carbocycles. The number of aromatic carboxylic acids is 1. The Morgan fingerprint density at radius 3 is 2.47 bits per heavy atom. The van der Waals surface area contributed by atoms with Gasteiger partial charge in [-0.3, -0.25) is 4.79 Å². The minimum absolute atomic E-state index is 0.0628. The van der Waals surface area contributed by atoms with Crippen molar-refractivity contribution in [2.45, 2.75) is 58.3 Å². The van der Waals surface area contributed by atoms with Crippen LogP contribution in [0.15, 0.2) is 23.1 Å². The van der Waals surface area contributed by atoms with Gasteiger partial charge in [-0.2, -0.15) is 0 Å². The van der Waals surface area contributed by atoms with Crippen LogP contribution < -0.4 is 15.6 Å². The van der Waals surface area contributed by atoms with E-state index in [1.54, 1.807) is 17.6 Å². The molecule has 2 aliphatic heterocycles. The van der Waals surface area contributed by atoms with Crippen LogP contribution in [0.3, 0.4) is 0 Å². The molecule has 2 aliphatic rings. The van der Waals surface area contributed by atoms with Crippen LogP contribution >= 0.6 is 0 Å². The topological polar surface area (TPSA) is 93.0 Å². The number of nitrogens with one attached hydrogen (secondary N) is 1. The molecule has 4 rings (SSSR count). The molecule has 8 nitrogen and oxygen atoms in total. The lowest BCUT2D eigenvalue weighted by atomic mass is 9.85. The predicted octanol–water partition coefficient (Wildman–Crippen LogP) is 3.84. The van der Waals surface area contributed by atoms with Crippen molar-refractivity contribution in [2.75, 3.05) is 44.8 Å². The van der Waals surface area contributed by atoms with Crippen molar-refractivity contribution in [3.63, 3.8) is 0 Å². The summed E-state index contributed by atoms with van der Waals surface area (Å²) in [6.07, 6.45) is 7.99. The molecule has 2 fully saturated rings. The molecule has 1 aromatic heterocycles. The van der Waals surface area contributed by atoms with E-state index in [-0.39, 0.29) is 17.6 Å². The highest BCUT2D eigenvalue weighted by Gasteiger charge is 2.24. The van der Waals surface area contributed by atoms with Crippen LogP contribution in [0.25, 0.3) is 10.9 Å². The first-order valence-corrected chi connectivity index (χ1v) is 13.1. The second-order valence-corrected chi connectivity index (χ2v) is 10.1. The number of benzene rings is 1. The molecule has 0 radical (unpaired) electrons. The molecule has 198 valence electrons.